The molecule has 0 bridgehead atoms. The Bertz CT molecular complexity index is 301. The summed E-state index contributed by atoms with van der Waals surface area (Å²) in [4.78, 5) is 0. The van der Waals surface area contributed by atoms with E-state index in [2.05, 4.69) is 11.4 Å². The van der Waals surface area contributed by atoms with Crippen LogP contribution >= 0.6 is 0 Å². The fraction of sp³-hybridized carbons (Fsp3) is 0.500. The van der Waals surface area contributed by atoms with Gasteiger partial charge < -0.3 is 14.8 Å². The maximum absolute atomic E-state index is 5.34. The molecule has 15 heavy (non-hydrogen) atoms. The molecule has 84 valence electrons. The Morgan fingerprint density at radius 1 is 1.20 bits per heavy atom. The lowest BCUT2D eigenvalue weighted by molar-refractivity contribution is 0.0848. The molecule has 0 fully saturated rings. The number of ether oxygens (including phenoxy) is 2. The van der Waals surface area contributed by atoms with Crippen molar-refractivity contribution in [2.45, 2.75) is 19.1 Å². The highest BCUT2D eigenvalue weighted by molar-refractivity contribution is 5.36. The monoisotopic (exact) mass is 209 g/mol. The van der Waals surface area contributed by atoms with Crippen LogP contribution in [0.5, 0.6) is 5.75 Å². The average molecular weight is 209 g/mol. The number of rotatable bonds is 5. The number of likely N-dealkylation sites (N-methyl/N-ethyl adjacent to an activating group) is 1. The molecule has 0 saturated heterocycles. The summed E-state index contributed by atoms with van der Waals surface area (Å²) in [6.07, 6.45) is 0.103. The number of hydrogen-bond donors (Lipinski definition) is 1. The molecule has 2 atom stereocenters. The maximum atomic E-state index is 5.34. The maximum Gasteiger partial charge on any atom is 0.123 e. The SMILES string of the molecule is CNC(c1ccccc1OC)C(C)OC. The highest BCUT2D eigenvalue weighted by atomic mass is 16.5. The third kappa shape index (κ3) is 2.70. The number of para-hydroxylation sites is 1. The topological polar surface area (TPSA) is 30.5 Å². The van der Waals surface area contributed by atoms with Crippen molar-refractivity contribution in [1.82, 2.24) is 5.32 Å². The first-order valence-electron chi connectivity index (χ1n) is 5.07. The summed E-state index contributed by atoms with van der Waals surface area (Å²) >= 11 is 0. The minimum atomic E-state index is 0.103. The highest BCUT2D eigenvalue weighted by Crippen LogP contribution is 2.27. The van der Waals surface area contributed by atoms with Crippen molar-refractivity contribution in [2.24, 2.45) is 0 Å². The Labute approximate surface area is 91.4 Å². The molecule has 1 aromatic rings. The lowest BCUT2D eigenvalue weighted by Crippen LogP contribution is -2.29. The van der Waals surface area contributed by atoms with Crippen LogP contribution in [0.1, 0.15) is 18.5 Å². The van der Waals surface area contributed by atoms with Crippen molar-refractivity contribution in [2.75, 3.05) is 21.3 Å². The lowest BCUT2D eigenvalue weighted by atomic mass is 10.0. The molecule has 0 amide bonds. The van der Waals surface area contributed by atoms with E-state index >= 15 is 0 Å². The predicted molar refractivity (Wildman–Crippen MR) is 61.3 cm³/mol. The molecule has 0 aliphatic carbocycles. The van der Waals surface area contributed by atoms with Gasteiger partial charge in [-0.3, -0.25) is 0 Å². The second-order valence-electron chi connectivity index (χ2n) is 3.45. The van der Waals surface area contributed by atoms with Crippen molar-refractivity contribution >= 4 is 0 Å². The standard InChI is InChI=1S/C12H19NO2/c1-9(14-3)12(13-2)10-7-5-6-8-11(10)15-4/h5-9,12-13H,1-4H3. The van der Waals surface area contributed by atoms with Crippen molar-refractivity contribution in [1.29, 1.82) is 0 Å². The smallest absolute Gasteiger partial charge is 0.123 e. The van der Waals surface area contributed by atoms with Crippen molar-refractivity contribution in [3.63, 3.8) is 0 Å². The minimum absolute atomic E-state index is 0.103. The second-order valence-corrected chi connectivity index (χ2v) is 3.45. The zero-order valence-electron chi connectivity index (χ0n) is 9.78. The van der Waals surface area contributed by atoms with Gasteiger partial charge in [0, 0.05) is 12.7 Å². The van der Waals surface area contributed by atoms with Crippen LogP contribution in [0.4, 0.5) is 0 Å². The van der Waals surface area contributed by atoms with E-state index in [0.717, 1.165) is 11.3 Å². The van der Waals surface area contributed by atoms with Crippen LogP contribution in [-0.2, 0) is 4.74 Å². The molecule has 0 radical (unpaired) electrons. The number of hydrogen-bond acceptors (Lipinski definition) is 3. The molecule has 0 saturated carbocycles. The summed E-state index contributed by atoms with van der Waals surface area (Å²) in [5.74, 6) is 0.890. The van der Waals surface area contributed by atoms with Gasteiger partial charge in [-0.1, -0.05) is 18.2 Å². The summed E-state index contributed by atoms with van der Waals surface area (Å²) < 4.78 is 10.7. The van der Waals surface area contributed by atoms with E-state index < -0.39 is 0 Å². The Morgan fingerprint density at radius 2 is 1.87 bits per heavy atom. The van der Waals surface area contributed by atoms with E-state index in [4.69, 9.17) is 9.47 Å². The van der Waals surface area contributed by atoms with Gasteiger partial charge in [-0.05, 0) is 20.0 Å². The zero-order valence-corrected chi connectivity index (χ0v) is 9.78. The third-order valence-corrected chi connectivity index (χ3v) is 2.63. The van der Waals surface area contributed by atoms with Gasteiger partial charge in [0.15, 0.2) is 0 Å². The highest BCUT2D eigenvalue weighted by Gasteiger charge is 2.19. The first-order valence-corrected chi connectivity index (χ1v) is 5.07. The molecule has 1 rings (SSSR count). The van der Waals surface area contributed by atoms with Gasteiger partial charge in [-0.2, -0.15) is 0 Å². The summed E-state index contributed by atoms with van der Waals surface area (Å²) in [6, 6.07) is 8.13. The van der Waals surface area contributed by atoms with Crippen LogP contribution in [0.25, 0.3) is 0 Å². The molecule has 1 aromatic carbocycles. The quantitative estimate of drug-likeness (QED) is 0.804. The Kier molecular flexibility index (Phi) is 4.59. The molecule has 0 heterocycles. The normalized spacial score (nSPS) is 14.7. The predicted octanol–water partition coefficient (Wildman–Crippen LogP) is 1.99. The van der Waals surface area contributed by atoms with Gasteiger partial charge in [-0.25, -0.2) is 0 Å². The van der Waals surface area contributed by atoms with E-state index in [0.29, 0.717) is 0 Å². The number of benzene rings is 1. The molecule has 0 spiro atoms. The number of methoxy groups -OCH3 is 2. The van der Waals surface area contributed by atoms with Crippen LogP contribution < -0.4 is 10.1 Å². The molecule has 0 aliphatic heterocycles. The first-order chi connectivity index (χ1) is 7.24. The van der Waals surface area contributed by atoms with E-state index in [1.165, 1.54) is 0 Å². The van der Waals surface area contributed by atoms with Crippen LogP contribution in [0, 0.1) is 0 Å². The fourth-order valence-electron chi connectivity index (χ4n) is 1.70. The summed E-state index contributed by atoms with van der Waals surface area (Å²) in [7, 11) is 5.32. The summed E-state index contributed by atoms with van der Waals surface area (Å²) in [6.45, 7) is 2.04. The van der Waals surface area contributed by atoms with Crippen LogP contribution in [-0.4, -0.2) is 27.4 Å². The Balaban J connectivity index is 3.00. The van der Waals surface area contributed by atoms with E-state index in [1.54, 1.807) is 14.2 Å². The van der Waals surface area contributed by atoms with Gasteiger partial charge in [0.25, 0.3) is 0 Å². The van der Waals surface area contributed by atoms with E-state index in [1.807, 2.05) is 32.2 Å². The third-order valence-electron chi connectivity index (χ3n) is 2.63. The molecular formula is C12H19NO2. The second kappa shape index (κ2) is 5.73. The van der Waals surface area contributed by atoms with Crippen molar-refractivity contribution in [3.8, 4) is 5.75 Å². The molecular weight excluding hydrogens is 190 g/mol. The van der Waals surface area contributed by atoms with Crippen LogP contribution in [0.3, 0.4) is 0 Å². The lowest BCUT2D eigenvalue weighted by Gasteiger charge is -2.24. The van der Waals surface area contributed by atoms with Crippen LogP contribution in [0.15, 0.2) is 24.3 Å². The first kappa shape index (κ1) is 12.0. The Morgan fingerprint density at radius 3 is 2.40 bits per heavy atom. The number of nitrogens with one attached hydrogen (secondary N) is 1. The fourth-order valence-corrected chi connectivity index (χ4v) is 1.70. The van der Waals surface area contributed by atoms with E-state index in [9.17, 15) is 0 Å². The van der Waals surface area contributed by atoms with Crippen molar-refractivity contribution in [3.05, 3.63) is 29.8 Å². The zero-order chi connectivity index (χ0) is 11.3. The largest absolute Gasteiger partial charge is 0.496 e. The molecule has 1 N–H and O–H groups in total. The molecule has 0 aromatic heterocycles. The molecule has 0 aliphatic rings. The van der Waals surface area contributed by atoms with Gasteiger partial charge in [0.05, 0.1) is 19.3 Å². The van der Waals surface area contributed by atoms with Gasteiger partial charge in [0.2, 0.25) is 0 Å². The van der Waals surface area contributed by atoms with Crippen molar-refractivity contribution < 1.29 is 9.47 Å². The molecule has 3 nitrogen and oxygen atoms in total. The van der Waals surface area contributed by atoms with E-state index in [-0.39, 0.29) is 12.1 Å². The average Bonchev–Trinajstić information content (AvgIpc) is 2.30. The molecule has 3 heteroatoms. The molecule has 2 unspecified atom stereocenters. The van der Waals surface area contributed by atoms with Gasteiger partial charge in [-0.15, -0.1) is 0 Å². The van der Waals surface area contributed by atoms with Crippen LogP contribution in [0.2, 0.25) is 0 Å². The Hall–Kier alpha value is -1.06. The van der Waals surface area contributed by atoms with Gasteiger partial charge in [0.1, 0.15) is 5.75 Å². The summed E-state index contributed by atoms with van der Waals surface area (Å²) in [5, 5.41) is 3.24. The summed E-state index contributed by atoms with van der Waals surface area (Å²) in [5.41, 5.74) is 1.12. The van der Waals surface area contributed by atoms with Gasteiger partial charge >= 0.3 is 0 Å². The minimum Gasteiger partial charge on any atom is -0.496 e.